The first kappa shape index (κ1) is 18.9. The molecule has 1 fully saturated rings. The van der Waals surface area contributed by atoms with Crippen molar-refractivity contribution >= 4 is 23.4 Å². The normalized spacial score (nSPS) is 20.2. The summed E-state index contributed by atoms with van der Waals surface area (Å²) in [5, 5.41) is 0.607. The van der Waals surface area contributed by atoms with E-state index < -0.39 is 5.66 Å². The standard InChI is InChI=1S/C23H20ClN3O3/c24-17-7-5-16(6-8-17)23-15-20-19(4-1-11-25-20)22(29)27(23)13-12-26(23)21(28)10-9-18-3-2-14-30-18/h1-8,11,14H,9-10,12-13,15H2. The first-order valence-corrected chi connectivity index (χ1v) is 10.3. The van der Waals surface area contributed by atoms with Crippen LogP contribution in [0.4, 0.5) is 0 Å². The zero-order valence-corrected chi connectivity index (χ0v) is 17.0. The van der Waals surface area contributed by atoms with Crippen molar-refractivity contribution in [1.29, 1.82) is 0 Å². The van der Waals surface area contributed by atoms with Gasteiger partial charge in [0.15, 0.2) is 0 Å². The Bertz CT molecular complexity index is 1100. The molecule has 0 spiro atoms. The topological polar surface area (TPSA) is 66.7 Å². The van der Waals surface area contributed by atoms with Crippen molar-refractivity contribution in [2.24, 2.45) is 0 Å². The van der Waals surface area contributed by atoms with Crippen LogP contribution in [0.5, 0.6) is 0 Å². The second-order valence-electron chi connectivity index (χ2n) is 7.58. The lowest BCUT2D eigenvalue weighted by atomic mass is 9.86. The van der Waals surface area contributed by atoms with Crippen LogP contribution in [0.2, 0.25) is 5.02 Å². The summed E-state index contributed by atoms with van der Waals surface area (Å²) in [6, 6.07) is 14.6. The number of hydrogen-bond donors (Lipinski definition) is 0. The van der Waals surface area contributed by atoms with Gasteiger partial charge in [0, 0.05) is 43.6 Å². The molecule has 0 saturated carbocycles. The predicted octanol–water partition coefficient (Wildman–Crippen LogP) is 3.65. The van der Waals surface area contributed by atoms with Crippen molar-refractivity contribution in [3.8, 4) is 0 Å². The monoisotopic (exact) mass is 421 g/mol. The molecule has 6 nitrogen and oxygen atoms in total. The number of halogens is 1. The third kappa shape index (κ3) is 2.91. The second kappa shape index (κ2) is 7.29. The van der Waals surface area contributed by atoms with Gasteiger partial charge in [0.1, 0.15) is 11.4 Å². The minimum absolute atomic E-state index is 0.0176. The van der Waals surface area contributed by atoms with Crippen molar-refractivity contribution in [3.05, 3.63) is 88.6 Å². The van der Waals surface area contributed by atoms with Gasteiger partial charge >= 0.3 is 0 Å². The molecule has 2 aliphatic heterocycles. The Morgan fingerprint density at radius 2 is 1.97 bits per heavy atom. The second-order valence-corrected chi connectivity index (χ2v) is 8.02. The molecule has 0 N–H and O–H groups in total. The summed E-state index contributed by atoms with van der Waals surface area (Å²) in [6.45, 7) is 0.946. The smallest absolute Gasteiger partial charge is 0.257 e. The molecule has 0 aliphatic carbocycles. The van der Waals surface area contributed by atoms with Gasteiger partial charge in [0.25, 0.3) is 5.91 Å². The number of hydrogen-bond acceptors (Lipinski definition) is 4. The lowest BCUT2D eigenvalue weighted by Crippen LogP contribution is -2.58. The van der Waals surface area contributed by atoms with Gasteiger partial charge in [-0.25, -0.2) is 0 Å². The van der Waals surface area contributed by atoms with E-state index in [-0.39, 0.29) is 11.8 Å². The molecule has 3 aromatic rings. The van der Waals surface area contributed by atoms with E-state index in [9.17, 15) is 9.59 Å². The third-order valence-electron chi connectivity index (χ3n) is 5.99. The van der Waals surface area contributed by atoms with Gasteiger partial charge in [0.05, 0.1) is 17.5 Å². The molecule has 1 unspecified atom stereocenters. The van der Waals surface area contributed by atoms with Crippen LogP contribution in [0.1, 0.15) is 33.8 Å². The highest BCUT2D eigenvalue weighted by Crippen LogP contribution is 2.44. The first-order chi connectivity index (χ1) is 14.6. The number of aromatic nitrogens is 1. The lowest BCUT2D eigenvalue weighted by molar-refractivity contribution is -0.139. The number of aryl methyl sites for hydroxylation is 1. The Labute approximate surface area is 179 Å². The molecule has 1 aromatic carbocycles. The molecule has 152 valence electrons. The van der Waals surface area contributed by atoms with Crippen LogP contribution in [0.25, 0.3) is 0 Å². The van der Waals surface area contributed by atoms with Crippen LogP contribution in [-0.2, 0) is 23.3 Å². The molecule has 30 heavy (non-hydrogen) atoms. The molecular formula is C23H20ClN3O3. The van der Waals surface area contributed by atoms with Crippen LogP contribution in [0.3, 0.4) is 0 Å². The maximum Gasteiger partial charge on any atom is 0.257 e. The Kier molecular flexibility index (Phi) is 4.59. The first-order valence-electron chi connectivity index (χ1n) is 9.94. The average molecular weight is 422 g/mol. The molecule has 2 amide bonds. The number of pyridine rings is 1. The minimum Gasteiger partial charge on any atom is -0.469 e. The van der Waals surface area contributed by atoms with Gasteiger partial charge in [-0.1, -0.05) is 23.7 Å². The van der Waals surface area contributed by atoms with E-state index in [1.165, 1.54) is 0 Å². The highest BCUT2D eigenvalue weighted by Gasteiger charge is 2.55. The summed E-state index contributed by atoms with van der Waals surface area (Å²) in [5.41, 5.74) is 1.27. The Morgan fingerprint density at radius 1 is 1.13 bits per heavy atom. The van der Waals surface area contributed by atoms with Gasteiger partial charge in [-0.05, 0) is 42.0 Å². The van der Waals surface area contributed by atoms with Crippen LogP contribution in [0.15, 0.2) is 65.4 Å². The highest BCUT2D eigenvalue weighted by molar-refractivity contribution is 6.30. The summed E-state index contributed by atoms with van der Waals surface area (Å²) in [5.74, 6) is 0.656. The van der Waals surface area contributed by atoms with Gasteiger partial charge in [0.2, 0.25) is 5.91 Å². The van der Waals surface area contributed by atoms with Crippen LogP contribution < -0.4 is 0 Å². The number of rotatable bonds is 4. The van der Waals surface area contributed by atoms with Crippen LogP contribution >= 0.6 is 11.6 Å². The molecule has 2 aliphatic rings. The summed E-state index contributed by atoms with van der Waals surface area (Å²) in [6.07, 6.45) is 4.56. The van der Waals surface area contributed by atoms with Gasteiger partial charge < -0.3 is 14.2 Å². The molecule has 0 bridgehead atoms. The molecule has 1 saturated heterocycles. The van der Waals surface area contributed by atoms with Gasteiger partial charge in [-0.15, -0.1) is 0 Å². The van der Waals surface area contributed by atoms with Gasteiger partial charge in [-0.2, -0.15) is 0 Å². The Hall–Kier alpha value is -3.12. The lowest BCUT2D eigenvalue weighted by Gasteiger charge is -2.47. The van der Waals surface area contributed by atoms with E-state index in [0.29, 0.717) is 48.6 Å². The zero-order chi connectivity index (χ0) is 20.7. The van der Waals surface area contributed by atoms with Crippen LogP contribution in [-0.4, -0.2) is 39.7 Å². The fourth-order valence-electron chi connectivity index (χ4n) is 4.61. The largest absolute Gasteiger partial charge is 0.469 e. The summed E-state index contributed by atoms with van der Waals surface area (Å²) in [7, 11) is 0. The molecule has 2 aromatic heterocycles. The molecule has 1 atom stereocenters. The number of furan rings is 1. The quantitative estimate of drug-likeness (QED) is 0.644. The van der Waals surface area contributed by atoms with E-state index >= 15 is 0 Å². The maximum absolute atomic E-state index is 13.4. The van der Waals surface area contributed by atoms with Crippen molar-refractivity contribution in [3.63, 3.8) is 0 Å². The number of amides is 2. The van der Waals surface area contributed by atoms with Crippen molar-refractivity contribution in [2.45, 2.75) is 24.9 Å². The van der Waals surface area contributed by atoms with E-state index in [1.807, 2.05) is 34.1 Å². The van der Waals surface area contributed by atoms with E-state index in [0.717, 1.165) is 11.3 Å². The number of carbonyl (C=O) groups excluding carboxylic acids is 2. The van der Waals surface area contributed by atoms with E-state index in [4.69, 9.17) is 16.0 Å². The van der Waals surface area contributed by atoms with E-state index in [2.05, 4.69) is 4.98 Å². The molecule has 0 radical (unpaired) electrons. The number of carbonyl (C=O) groups is 2. The zero-order valence-electron chi connectivity index (χ0n) is 16.3. The van der Waals surface area contributed by atoms with Crippen LogP contribution in [0, 0.1) is 0 Å². The minimum atomic E-state index is -0.900. The van der Waals surface area contributed by atoms with Crippen molar-refractivity contribution in [1.82, 2.24) is 14.8 Å². The number of nitrogens with zero attached hydrogens (tertiary/aromatic N) is 3. The third-order valence-corrected chi connectivity index (χ3v) is 6.24. The Balaban J connectivity index is 1.57. The summed E-state index contributed by atoms with van der Waals surface area (Å²) in [4.78, 5) is 34.8. The predicted molar refractivity (Wildman–Crippen MR) is 111 cm³/mol. The summed E-state index contributed by atoms with van der Waals surface area (Å²) < 4.78 is 5.38. The van der Waals surface area contributed by atoms with Crippen molar-refractivity contribution in [2.75, 3.05) is 13.1 Å². The molecule has 5 rings (SSSR count). The maximum atomic E-state index is 13.4. The Morgan fingerprint density at radius 3 is 2.73 bits per heavy atom. The van der Waals surface area contributed by atoms with E-state index in [1.54, 1.807) is 36.7 Å². The highest BCUT2D eigenvalue weighted by atomic mass is 35.5. The summed E-state index contributed by atoms with van der Waals surface area (Å²) >= 11 is 6.12. The van der Waals surface area contributed by atoms with Crippen molar-refractivity contribution < 1.29 is 14.0 Å². The fraction of sp³-hybridized carbons (Fsp3) is 0.261. The SMILES string of the molecule is O=C(CCc1ccco1)N1CCN2C(=O)c3cccnc3CC12c1ccc(Cl)cc1. The average Bonchev–Trinajstić information content (AvgIpc) is 3.41. The number of benzene rings is 1. The molecular weight excluding hydrogens is 402 g/mol. The van der Waals surface area contributed by atoms with Gasteiger partial charge in [-0.3, -0.25) is 14.6 Å². The molecule has 7 heteroatoms. The fourth-order valence-corrected chi connectivity index (χ4v) is 4.74. The number of fused-ring (bicyclic) bond motifs is 2. The molecule has 4 heterocycles.